The van der Waals surface area contributed by atoms with Crippen LogP contribution in [-0.2, 0) is 9.47 Å². The van der Waals surface area contributed by atoms with Crippen molar-refractivity contribution in [2.24, 2.45) is 0 Å². The number of hydrogen-bond donors (Lipinski definition) is 1. The predicted molar refractivity (Wildman–Crippen MR) is 191 cm³/mol. The van der Waals surface area contributed by atoms with Gasteiger partial charge >= 0.3 is 0 Å². The zero-order chi connectivity index (χ0) is 31.4. The smallest absolute Gasteiger partial charge is 0.162 e. The number of aromatic hydroxyl groups is 1. The van der Waals surface area contributed by atoms with Crippen molar-refractivity contribution >= 4 is 38.0 Å². The lowest BCUT2D eigenvalue weighted by Gasteiger charge is -2.29. The molecule has 0 fully saturated rings. The molecule has 0 aliphatic carbocycles. The van der Waals surface area contributed by atoms with E-state index in [1.807, 2.05) is 12.1 Å². The van der Waals surface area contributed by atoms with E-state index < -0.39 is 7.26 Å². The van der Waals surface area contributed by atoms with Crippen molar-refractivity contribution in [3.63, 3.8) is 0 Å². The molecule has 0 amide bonds. The number of phenols is 1. The number of methoxy groups -OCH3 is 2. The first-order chi connectivity index (χ1) is 21.4. The molecule has 0 radical (unpaired) electrons. The Hall–Kier alpha value is -2.47. The lowest BCUT2D eigenvalue weighted by molar-refractivity contribution is -0.0441. The monoisotopic (exact) mass is 708 g/mol. The molecular weight excluding hydrogens is 659 g/mol. The predicted octanol–water partition coefficient (Wildman–Crippen LogP) is 3.82. The molecule has 0 saturated heterocycles. The summed E-state index contributed by atoms with van der Waals surface area (Å²) in [6.07, 6.45) is 7.18. The maximum absolute atomic E-state index is 10.9. The molecule has 0 aromatic heterocycles. The molecule has 4 aromatic carbocycles. The van der Waals surface area contributed by atoms with Crippen LogP contribution in [0, 0.1) is 20.8 Å². The summed E-state index contributed by atoms with van der Waals surface area (Å²) < 4.78 is 17.3. The number of aryl methyl sites for hydroxylation is 3. The Labute approximate surface area is 284 Å². The van der Waals surface area contributed by atoms with Gasteiger partial charge in [0.15, 0.2) is 11.1 Å². The van der Waals surface area contributed by atoms with Crippen molar-refractivity contribution in [1.29, 1.82) is 0 Å². The summed E-state index contributed by atoms with van der Waals surface area (Å²) in [6.45, 7) is 7.04. The topological polar surface area (TPSA) is 47.9 Å². The maximum atomic E-state index is 10.9. The first kappa shape index (κ1) is 37.0. The van der Waals surface area contributed by atoms with E-state index in [0.717, 1.165) is 23.9 Å². The highest BCUT2D eigenvalue weighted by atomic mass is 79.9. The number of halogens is 1. The molecule has 0 aliphatic rings. The Kier molecular flexibility index (Phi) is 15.3. The molecule has 0 spiro atoms. The Balaban J connectivity index is 0.00000552. The van der Waals surface area contributed by atoms with Crippen molar-refractivity contribution in [2.75, 3.05) is 20.8 Å². The summed E-state index contributed by atoms with van der Waals surface area (Å²) in [7, 11) is 0.738. The van der Waals surface area contributed by atoms with E-state index in [0.29, 0.717) is 6.61 Å². The van der Waals surface area contributed by atoms with Crippen LogP contribution in [0.2, 0.25) is 6.04 Å². The fourth-order valence-corrected chi connectivity index (χ4v) is 11.6. The molecule has 0 saturated carbocycles. The minimum Gasteiger partial charge on any atom is -1.00 e. The van der Waals surface area contributed by atoms with Crippen LogP contribution in [0.3, 0.4) is 0 Å². The third-order valence-corrected chi connectivity index (χ3v) is 14.8. The van der Waals surface area contributed by atoms with Gasteiger partial charge in [-0.3, -0.25) is 0 Å². The van der Waals surface area contributed by atoms with E-state index in [4.69, 9.17) is 14.2 Å². The largest absolute Gasteiger partial charge is 1.00 e. The molecule has 7 heteroatoms. The second-order valence-electron chi connectivity index (χ2n) is 11.8. The van der Waals surface area contributed by atoms with Gasteiger partial charge in [0, 0.05) is 20.3 Å². The second-order valence-corrected chi connectivity index (χ2v) is 17.2. The lowest BCUT2D eigenvalue weighted by atomic mass is 10.1. The molecule has 0 unspecified atom stereocenters. The number of hydrogen-bond acceptors (Lipinski definition) is 4. The molecule has 0 bridgehead atoms. The fraction of sp³-hybridized carbons (Fsp3) is 0.368. The summed E-state index contributed by atoms with van der Waals surface area (Å²) >= 11 is 0. The number of rotatable bonds is 17. The van der Waals surface area contributed by atoms with E-state index >= 15 is 0 Å². The zero-order valence-corrected chi connectivity index (χ0v) is 31.5. The Morgan fingerprint density at radius 1 is 0.622 bits per heavy atom. The summed E-state index contributed by atoms with van der Waals surface area (Å²) in [5.41, 5.74) is 3.68. The summed E-state index contributed by atoms with van der Waals surface area (Å²) in [5.74, 6) is 1.17. The quantitative estimate of drug-likeness (QED) is 0.0785. The third-order valence-electron chi connectivity index (χ3n) is 8.44. The van der Waals surface area contributed by atoms with E-state index in [1.54, 1.807) is 20.3 Å². The Morgan fingerprint density at radius 2 is 1.07 bits per heavy atom. The van der Waals surface area contributed by atoms with Gasteiger partial charge in [-0.1, -0.05) is 91.2 Å². The number of unbranched alkanes of at least 4 members (excludes halogenated alkanes) is 5. The highest BCUT2D eigenvalue weighted by Crippen LogP contribution is 2.56. The van der Waals surface area contributed by atoms with Crippen molar-refractivity contribution in [2.45, 2.75) is 71.3 Å². The van der Waals surface area contributed by atoms with E-state index in [9.17, 15) is 5.11 Å². The molecule has 4 nitrogen and oxygen atoms in total. The first-order valence-corrected chi connectivity index (χ1v) is 19.6. The number of phenolic OH excluding ortho intramolecular Hbond substituents is 1. The molecule has 1 N–H and O–H groups in total. The molecule has 242 valence electrons. The Bertz CT molecular complexity index is 1310. The van der Waals surface area contributed by atoms with E-state index in [-0.39, 0.29) is 38.2 Å². The Morgan fingerprint density at radius 3 is 1.53 bits per heavy atom. The summed E-state index contributed by atoms with van der Waals surface area (Å²) in [6, 6.07) is 33.7. The number of ether oxygens (including phenoxy) is 3. The van der Waals surface area contributed by atoms with Crippen LogP contribution in [0.25, 0.3) is 0 Å². The van der Waals surface area contributed by atoms with Crippen molar-refractivity contribution in [1.82, 2.24) is 0 Å². The molecule has 0 atom stereocenters. The van der Waals surface area contributed by atoms with E-state index in [1.165, 1.54) is 64.3 Å². The van der Waals surface area contributed by atoms with Gasteiger partial charge in [-0.2, -0.15) is 0 Å². The van der Waals surface area contributed by atoms with Crippen molar-refractivity contribution in [3.8, 4) is 11.5 Å². The minimum atomic E-state index is -2.42. The average molecular weight is 710 g/mol. The summed E-state index contributed by atoms with van der Waals surface area (Å²) in [5, 5.41) is 15.7. The molecule has 0 heterocycles. The van der Waals surface area contributed by atoms with Gasteiger partial charge < -0.3 is 36.3 Å². The molecule has 45 heavy (non-hydrogen) atoms. The second kappa shape index (κ2) is 18.6. The van der Waals surface area contributed by atoms with Gasteiger partial charge in [-0.15, -0.1) is 0 Å². The minimum absolute atomic E-state index is 0. The van der Waals surface area contributed by atoms with Crippen LogP contribution in [-0.4, -0.2) is 41.4 Å². The number of benzene rings is 4. The molecule has 4 aromatic rings. The molecule has 0 aliphatic heterocycles. The fourth-order valence-electron chi connectivity index (χ4n) is 5.87. The molecular formula is C38H50BrO4PSi. The van der Waals surface area contributed by atoms with Crippen molar-refractivity contribution in [3.05, 3.63) is 108 Å². The lowest BCUT2D eigenvalue weighted by Crippen LogP contribution is -3.00. The van der Waals surface area contributed by atoms with Crippen LogP contribution in [0.15, 0.2) is 91.0 Å². The highest BCUT2D eigenvalue weighted by Gasteiger charge is 2.50. The first-order valence-electron chi connectivity index (χ1n) is 16.0. The van der Waals surface area contributed by atoms with Gasteiger partial charge in [0.2, 0.25) is 0 Å². The molecule has 4 rings (SSSR count). The van der Waals surface area contributed by atoms with E-state index in [2.05, 4.69) is 93.6 Å². The van der Waals surface area contributed by atoms with Crippen LogP contribution < -0.4 is 42.9 Å². The summed E-state index contributed by atoms with van der Waals surface area (Å²) in [4.78, 5) is 0. The van der Waals surface area contributed by atoms with Gasteiger partial charge in [0.1, 0.15) is 34.8 Å². The average Bonchev–Trinajstić information content (AvgIpc) is 3.03. The van der Waals surface area contributed by atoms with Crippen LogP contribution in [0.4, 0.5) is 0 Å². The van der Waals surface area contributed by atoms with Crippen LogP contribution in [0.1, 0.15) is 55.2 Å². The van der Waals surface area contributed by atoms with Crippen LogP contribution >= 0.6 is 7.26 Å². The zero-order valence-electron chi connectivity index (χ0n) is 27.6. The van der Waals surface area contributed by atoms with Gasteiger partial charge in [0.25, 0.3) is 0 Å². The normalized spacial score (nSPS) is 11.7. The highest BCUT2D eigenvalue weighted by molar-refractivity contribution is 8.01. The van der Waals surface area contributed by atoms with Crippen LogP contribution in [0.5, 0.6) is 11.5 Å². The standard InChI is InChI=1S/C38H49O4PSi.BrH/c1-29-12-19-33(20-13-29)43(34-21-14-30(2)15-22-34,35-23-16-31(3)17-24-35)37-28-32(39)18-25-36(37)42-26-10-8-6-7-9-11-27-44-38(40-4)41-5;/h12-25,28,38H,6-11,26-27,44H2,1-5H3;1H. The third kappa shape index (κ3) is 9.76. The van der Waals surface area contributed by atoms with Gasteiger partial charge in [0.05, 0.1) is 16.1 Å². The maximum Gasteiger partial charge on any atom is 0.162 e. The van der Waals surface area contributed by atoms with Gasteiger partial charge in [-0.05, 0) is 75.7 Å². The SMILES string of the molecule is COC(OC)[SiH2]CCCCCCCCOc1ccc(O)cc1[P+](c1ccc(C)cc1)(c1ccc(C)cc1)c1ccc(C)cc1.[Br-]. The van der Waals surface area contributed by atoms with Gasteiger partial charge in [-0.25, -0.2) is 0 Å². The van der Waals surface area contributed by atoms with Crippen molar-refractivity contribution < 1.29 is 36.3 Å².